The molecule has 0 saturated heterocycles. The van der Waals surface area contributed by atoms with E-state index in [2.05, 4.69) is 34.0 Å². The maximum atomic E-state index is 12.4. The summed E-state index contributed by atoms with van der Waals surface area (Å²) in [5, 5.41) is 5.79. The van der Waals surface area contributed by atoms with Crippen LogP contribution in [0.2, 0.25) is 0 Å². The monoisotopic (exact) mass is 478 g/mol. The van der Waals surface area contributed by atoms with Crippen molar-refractivity contribution in [3.8, 4) is 28.8 Å². The van der Waals surface area contributed by atoms with Gasteiger partial charge in [0.05, 0.1) is 23.1 Å². The third-order valence-corrected chi connectivity index (χ3v) is 6.18. The molecule has 4 aromatic rings. The maximum absolute atomic E-state index is 12.4. The van der Waals surface area contributed by atoms with Crippen molar-refractivity contribution in [2.75, 3.05) is 24.3 Å². The molecule has 0 spiro atoms. The van der Waals surface area contributed by atoms with Crippen LogP contribution in [0.15, 0.2) is 67.2 Å². The highest BCUT2D eigenvalue weighted by atomic mass is 16.5. The van der Waals surface area contributed by atoms with Gasteiger partial charge in [-0.1, -0.05) is 12.0 Å². The summed E-state index contributed by atoms with van der Waals surface area (Å²) in [4.78, 5) is 23.7. The predicted octanol–water partition coefficient (Wildman–Crippen LogP) is 3.95. The van der Waals surface area contributed by atoms with Gasteiger partial charge in [-0.25, -0.2) is 9.97 Å². The van der Waals surface area contributed by atoms with Crippen LogP contribution in [0.3, 0.4) is 0 Å². The van der Waals surface area contributed by atoms with Crippen LogP contribution in [0.1, 0.15) is 23.9 Å². The Morgan fingerprint density at radius 3 is 2.78 bits per heavy atom. The van der Waals surface area contributed by atoms with Gasteiger partial charge in [-0.2, -0.15) is 0 Å². The maximum Gasteiger partial charge on any atom is 0.242 e. The van der Waals surface area contributed by atoms with E-state index in [9.17, 15) is 4.79 Å². The molecule has 5 rings (SSSR count). The highest BCUT2D eigenvalue weighted by molar-refractivity contribution is 5.94. The second kappa shape index (κ2) is 9.21. The topological polar surface area (TPSA) is 83.8 Å². The van der Waals surface area contributed by atoms with E-state index >= 15 is 0 Å². The van der Waals surface area contributed by atoms with Gasteiger partial charge in [0.15, 0.2) is 11.6 Å². The van der Waals surface area contributed by atoms with E-state index in [1.165, 1.54) is 0 Å². The first-order valence-electron chi connectivity index (χ1n) is 11.6. The Morgan fingerprint density at radius 2 is 1.97 bits per heavy atom. The van der Waals surface area contributed by atoms with Gasteiger partial charge in [0.25, 0.3) is 0 Å². The van der Waals surface area contributed by atoms with Crippen molar-refractivity contribution < 1.29 is 9.53 Å². The normalized spacial score (nSPS) is 13.1. The lowest BCUT2D eigenvalue weighted by Gasteiger charge is -2.12. The van der Waals surface area contributed by atoms with Gasteiger partial charge in [-0.15, -0.1) is 0 Å². The first-order chi connectivity index (χ1) is 17.4. The van der Waals surface area contributed by atoms with E-state index in [0.29, 0.717) is 23.1 Å². The molecule has 1 aliphatic heterocycles. The van der Waals surface area contributed by atoms with Crippen molar-refractivity contribution >= 4 is 23.1 Å². The first kappa shape index (κ1) is 23.1. The molecule has 0 bridgehead atoms. The van der Waals surface area contributed by atoms with Crippen LogP contribution in [0.25, 0.3) is 16.9 Å². The molecule has 4 heterocycles. The number of rotatable bonds is 4. The summed E-state index contributed by atoms with van der Waals surface area (Å²) in [5.41, 5.74) is 5.67. The molecule has 8 nitrogen and oxygen atoms in total. The number of hydrogen-bond donors (Lipinski definition) is 2. The average molecular weight is 479 g/mol. The summed E-state index contributed by atoms with van der Waals surface area (Å²) in [5.74, 6) is 7.96. The molecule has 1 aromatic carbocycles. The standard InChI is InChI=1S/C28H26N6O2/c1-17-27(34-15-7-6-8-26(34)30-17)21-11-14-25(32-28(35)18(2)29-4)31-22(21)12-9-20-10-13-23-24(16-20)36-19(3)33(23)5/h6-8,10-11,13-16,18,29H,3H2,1-2,4-5H3,(H,31,32,35). The molecule has 1 unspecified atom stereocenters. The molecule has 0 fully saturated rings. The second-order valence-electron chi connectivity index (χ2n) is 8.55. The molecule has 0 radical (unpaired) electrons. The number of carbonyl (C=O) groups is 1. The lowest BCUT2D eigenvalue weighted by molar-refractivity contribution is -0.117. The predicted molar refractivity (Wildman–Crippen MR) is 141 cm³/mol. The van der Waals surface area contributed by atoms with Crippen molar-refractivity contribution in [3.05, 3.63) is 84.1 Å². The van der Waals surface area contributed by atoms with Crippen LogP contribution in [0, 0.1) is 18.8 Å². The lowest BCUT2D eigenvalue weighted by atomic mass is 10.1. The van der Waals surface area contributed by atoms with Crippen LogP contribution in [0.5, 0.6) is 5.75 Å². The molecule has 1 aliphatic rings. The van der Waals surface area contributed by atoms with Crippen molar-refractivity contribution in [2.24, 2.45) is 0 Å². The summed E-state index contributed by atoms with van der Waals surface area (Å²) >= 11 is 0. The molecule has 0 saturated carbocycles. The minimum Gasteiger partial charge on any atom is -0.439 e. The number of fused-ring (bicyclic) bond motifs is 2. The number of aryl methyl sites for hydroxylation is 1. The molecule has 3 aromatic heterocycles. The summed E-state index contributed by atoms with van der Waals surface area (Å²) in [6.45, 7) is 7.66. The SMILES string of the molecule is C=C1Oc2cc(C#Cc3nc(NC(=O)C(C)NC)ccc3-c3c(C)nc4ccccn34)ccc2N1C. The fourth-order valence-electron chi connectivity index (χ4n) is 4.03. The number of anilines is 2. The highest BCUT2D eigenvalue weighted by Crippen LogP contribution is 2.37. The molecule has 1 amide bonds. The van der Waals surface area contributed by atoms with Crippen LogP contribution < -0.4 is 20.3 Å². The van der Waals surface area contributed by atoms with Gasteiger partial charge in [0.2, 0.25) is 5.91 Å². The van der Waals surface area contributed by atoms with Gasteiger partial charge in [0.1, 0.15) is 17.2 Å². The van der Waals surface area contributed by atoms with E-state index in [1.54, 1.807) is 20.0 Å². The molecular weight excluding hydrogens is 452 g/mol. The van der Waals surface area contributed by atoms with E-state index in [4.69, 9.17) is 9.72 Å². The van der Waals surface area contributed by atoms with Gasteiger partial charge in [0, 0.05) is 24.4 Å². The summed E-state index contributed by atoms with van der Waals surface area (Å²) in [7, 11) is 3.64. The molecule has 8 heteroatoms. The minimum absolute atomic E-state index is 0.178. The summed E-state index contributed by atoms with van der Waals surface area (Å²) in [6.07, 6.45) is 1.97. The molecular formula is C28H26N6O2. The number of pyridine rings is 2. The van der Waals surface area contributed by atoms with Crippen molar-refractivity contribution in [3.63, 3.8) is 0 Å². The number of nitrogens with zero attached hydrogens (tertiary/aromatic N) is 4. The highest BCUT2D eigenvalue weighted by Gasteiger charge is 2.21. The van der Waals surface area contributed by atoms with Crippen LogP contribution >= 0.6 is 0 Å². The molecule has 0 aliphatic carbocycles. The second-order valence-corrected chi connectivity index (χ2v) is 8.55. The fourth-order valence-corrected chi connectivity index (χ4v) is 4.03. The largest absolute Gasteiger partial charge is 0.439 e. The van der Waals surface area contributed by atoms with Crippen molar-refractivity contribution in [1.82, 2.24) is 19.7 Å². The number of nitrogens with one attached hydrogen (secondary N) is 2. The van der Waals surface area contributed by atoms with Crippen LogP contribution in [0.4, 0.5) is 11.5 Å². The van der Waals surface area contributed by atoms with E-state index in [-0.39, 0.29) is 11.9 Å². The molecule has 2 N–H and O–H groups in total. The Bertz CT molecular complexity index is 1580. The van der Waals surface area contributed by atoms with Crippen LogP contribution in [-0.2, 0) is 4.79 Å². The first-order valence-corrected chi connectivity index (χ1v) is 11.6. The zero-order chi connectivity index (χ0) is 25.4. The van der Waals surface area contributed by atoms with E-state index < -0.39 is 0 Å². The van der Waals surface area contributed by atoms with Crippen LogP contribution in [-0.4, -0.2) is 40.4 Å². The van der Waals surface area contributed by atoms with E-state index in [0.717, 1.165) is 33.8 Å². The number of ether oxygens (including phenoxy) is 1. The Labute approximate surface area is 209 Å². The number of imidazole rings is 1. The summed E-state index contributed by atoms with van der Waals surface area (Å²) < 4.78 is 7.75. The van der Waals surface area contributed by atoms with Gasteiger partial charge >= 0.3 is 0 Å². The van der Waals surface area contributed by atoms with Gasteiger partial charge in [-0.3, -0.25) is 9.20 Å². The Hall–Kier alpha value is -4.61. The minimum atomic E-state index is -0.360. The molecule has 1 atom stereocenters. The van der Waals surface area contributed by atoms with E-state index in [1.807, 2.05) is 71.9 Å². The summed E-state index contributed by atoms with van der Waals surface area (Å²) in [6, 6.07) is 15.0. The Kier molecular flexibility index (Phi) is 5.92. The number of hydrogen-bond acceptors (Lipinski definition) is 6. The number of aromatic nitrogens is 3. The smallest absolute Gasteiger partial charge is 0.242 e. The van der Waals surface area contributed by atoms with Gasteiger partial charge in [-0.05, 0) is 75.9 Å². The average Bonchev–Trinajstić information content (AvgIpc) is 3.36. The number of benzene rings is 1. The van der Waals surface area contributed by atoms with Crippen molar-refractivity contribution in [1.29, 1.82) is 0 Å². The number of carbonyl (C=O) groups excluding carboxylic acids is 1. The van der Waals surface area contributed by atoms with Gasteiger partial charge < -0.3 is 20.3 Å². The fraction of sp³-hybridized carbons (Fsp3) is 0.179. The quantitative estimate of drug-likeness (QED) is 0.432. The Morgan fingerprint density at radius 1 is 1.14 bits per heavy atom. The van der Waals surface area contributed by atoms with Crippen molar-refractivity contribution in [2.45, 2.75) is 19.9 Å². The third-order valence-electron chi connectivity index (χ3n) is 6.18. The zero-order valence-corrected chi connectivity index (χ0v) is 20.6. The molecule has 180 valence electrons. The number of amides is 1. The molecule has 36 heavy (non-hydrogen) atoms. The lowest BCUT2D eigenvalue weighted by Crippen LogP contribution is -2.35. The Balaban J connectivity index is 1.60. The zero-order valence-electron chi connectivity index (χ0n) is 20.6. The third kappa shape index (κ3) is 4.17. The number of likely N-dealkylation sites (N-methyl/N-ethyl adjacent to an activating group) is 1.